The first-order valence-electron chi connectivity index (χ1n) is 16.9. The van der Waals surface area contributed by atoms with E-state index >= 15 is 0 Å². The summed E-state index contributed by atoms with van der Waals surface area (Å²) in [6.45, 7) is 25.2. The third-order valence-electron chi connectivity index (χ3n) is 7.91. The second kappa shape index (κ2) is 20.4. The zero-order chi connectivity index (χ0) is 34.9. The summed E-state index contributed by atoms with van der Waals surface area (Å²) in [4.78, 5) is 36.2. The van der Waals surface area contributed by atoms with E-state index in [0.29, 0.717) is 31.8 Å². The molecule has 13 heteroatoms. The number of nitrogens with one attached hydrogen (secondary N) is 2. The molecule has 0 saturated heterocycles. The van der Waals surface area contributed by atoms with Crippen LogP contribution in [0, 0.1) is 10.8 Å². The average Bonchev–Trinajstić information content (AvgIpc) is 2.92. The van der Waals surface area contributed by atoms with Crippen molar-refractivity contribution in [2.75, 3.05) is 52.8 Å². The van der Waals surface area contributed by atoms with Crippen LogP contribution in [-0.4, -0.2) is 93.6 Å². The normalized spacial score (nSPS) is 19.6. The van der Waals surface area contributed by atoms with Gasteiger partial charge < -0.3 is 38.4 Å². The van der Waals surface area contributed by atoms with Crippen LogP contribution in [0.2, 0.25) is 38.3 Å². The molecule has 0 aliphatic heterocycles. The summed E-state index contributed by atoms with van der Waals surface area (Å²) in [5.74, 6) is -0.464. The van der Waals surface area contributed by atoms with Crippen LogP contribution in [-0.2, 0) is 32.6 Å². The Morgan fingerprint density at radius 2 is 1.33 bits per heavy atom. The van der Waals surface area contributed by atoms with E-state index in [1.807, 2.05) is 0 Å². The van der Waals surface area contributed by atoms with Crippen LogP contribution in [0.25, 0.3) is 0 Å². The number of rotatable bonds is 22. The van der Waals surface area contributed by atoms with E-state index in [-0.39, 0.29) is 49.9 Å². The topological polar surface area (TPSA) is 131 Å². The second-order valence-corrected chi connectivity index (χ2v) is 23.9. The van der Waals surface area contributed by atoms with E-state index in [1.165, 1.54) is 18.9 Å². The molecule has 0 heterocycles. The van der Waals surface area contributed by atoms with Crippen molar-refractivity contribution in [2.45, 2.75) is 117 Å². The summed E-state index contributed by atoms with van der Waals surface area (Å²) in [6, 6.07) is 2.20. The number of hydrogen-bond acceptors (Lipinski definition) is 9. The highest BCUT2D eigenvalue weighted by atomic mass is 28.4. The zero-order valence-electron chi connectivity index (χ0n) is 30.3. The lowest BCUT2D eigenvalue weighted by Crippen LogP contribution is -2.50. The van der Waals surface area contributed by atoms with Gasteiger partial charge in [-0.25, -0.2) is 14.4 Å². The van der Waals surface area contributed by atoms with Gasteiger partial charge in [0, 0.05) is 24.8 Å². The minimum absolute atomic E-state index is 0.0322. The molecular weight excluding hydrogens is 625 g/mol. The molecule has 2 N–H and O–H groups in total. The van der Waals surface area contributed by atoms with Crippen molar-refractivity contribution in [1.82, 2.24) is 10.6 Å². The molecule has 1 aliphatic carbocycles. The summed E-state index contributed by atoms with van der Waals surface area (Å²) < 4.78 is 33.3. The molecule has 268 valence electrons. The largest absolute Gasteiger partial charge is 0.460 e. The van der Waals surface area contributed by atoms with Gasteiger partial charge in [-0.2, -0.15) is 0 Å². The number of amides is 2. The minimum atomic E-state index is -1.72. The van der Waals surface area contributed by atoms with Crippen molar-refractivity contribution in [3.63, 3.8) is 0 Å². The van der Waals surface area contributed by atoms with Crippen LogP contribution < -0.4 is 10.6 Å². The third kappa shape index (κ3) is 19.7. The molecule has 11 nitrogen and oxygen atoms in total. The molecule has 0 aromatic heterocycles. The van der Waals surface area contributed by atoms with Crippen molar-refractivity contribution in [2.24, 2.45) is 10.8 Å². The van der Waals surface area contributed by atoms with Crippen LogP contribution in [0.5, 0.6) is 0 Å². The zero-order valence-corrected chi connectivity index (χ0v) is 32.3. The van der Waals surface area contributed by atoms with E-state index in [2.05, 4.69) is 71.1 Å². The summed E-state index contributed by atoms with van der Waals surface area (Å²) in [6.07, 6.45) is 4.83. The summed E-state index contributed by atoms with van der Waals surface area (Å²) in [7, 11) is -3.32. The van der Waals surface area contributed by atoms with Gasteiger partial charge in [-0.1, -0.05) is 47.1 Å². The molecule has 2 atom stereocenters. The van der Waals surface area contributed by atoms with Gasteiger partial charge >= 0.3 is 18.2 Å². The fraction of sp³-hybridized carbons (Fsp3) is 0.848. The van der Waals surface area contributed by atoms with E-state index < -0.39 is 34.8 Å². The number of unbranched alkanes of at least 4 members (excludes halogenated alkanes) is 1. The third-order valence-corrected chi connectivity index (χ3v) is 15.4. The Hall–Kier alpha value is -1.94. The SMILES string of the molecule is C=C(C)C(=O)OCCOCCOC(=O)NCC1(C)CC(NC(=O)OCCOCCC[Si](C)(C)O[Si](C)(C)CCCC)CC(C)(C)C1. The number of carbonyl (C=O) groups excluding carboxylic acids is 3. The van der Waals surface area contributed by atoms with E-state index in [1.54, 1.807) is 6.92 Å². The first-order valence-corrected chi connectivity index (χ1v) is 23.1. The van der Waals surface area contributed by atoms with Gasteiger partial charge in [0.05, 0.1) is 19.8 Å². The van der Waals surface area contributed by atoms with E-state index in [4.69, 9.17) is 27.8 Å². The van der Waals surface area contributed by atoms with Gasteiger partial charge in [-0.05, 0) is 81.7 Å². The van der Waals surface area contributed by atoms with Gasteiger partial charge in [-0.3, -0.25) is 0 Å². The van der Waals surface area contributed by atoms with Crippen LogP contribution in [0.1, 0.15) is 73.1 Å². The van der Waals surface area contributed by atoms with Gasteiger partial charge in [0.2, 0.25) is 0 Å². The van der Waals surface area contributed by atoms with E-state index in [9.17, 15) is 14.4 Å². The predicted molar refractivity (Wildman–Crippen MR) is 186 cm³/mol. The minimum Gasteiger partial charge on any atom is -0.460 e. The van der Waals surface area contributed by atoms with Crippen LogP contribution in [0.4, 0.5) is 9.59 Å². The fourth-order valence-corrected chi connectivity index (χ4v) is 15.4. The first-order chi connectivity index (χ1) is 21.4. The summed E-state index contributed by atoms with van der Waals surface area (Å²) >= 11 is 0. The van der Waals surface area contributed by atoms with Crippen molar-refractivity contribution in [3.8, 4) is 0 Å². The molecular formula is C33H64N2O9Si2. The van der Waals surface area contributed by atoms with Crippen molar-refractivity contribution in [3.05, 3.63) is 12.2 Å². The average molecular weight is 689 g/mol. The molecule has 2 unspecified atom stereocenters. The lowest BCUT2D eigenvalue weighted by molar-refractivity contribution is -0.140. The van der Waals surface area contributed by atoms with Gasteiger partial charge in [0.25, 0.3) is 0 Å². The Morgan fingerprint density at radius 3 is 1.91 bits per heavy atom. The molecule has 1 saturated carbocycles. The Labute approximate surface area is 280 Å². The van der Waals surface area contributed by atoms with Crippen LogP contribution >= 0.6 is 0 Å². The lowest BCUT2D eigenvalue weighted by Gasteiger charge is -2.46. The molecule has 1 fully saturated rings. The molecule has 0 aromatic rings. The Bertz CT molecular complexity index is 961. The number of ether oxygens (including phenoxy) is 5. The molecule has 0 spiro atoms. The fourth-order valence-electron chi connectivity index (χ4n) is 6.38. The maximum atomic E-state index is 12.6. The smallest absolute Gasteiger partial charge is 0.407 e. The van der Waals surface area contributed by atoms with Crippen molar-refractivity contribution < 1.29 is 42.2 Å². The lowest BCUT2D eigenvalue weighted by atomic mass is 9.62. The number of carbonyl (C=O) groups is 3. The summed E-state index contributed by atoms with van der Waals surface area (Å²) in [5, 5.41) is 5.89. The Kier molecular flexibility index (Phi) is 18.7. The van der Waals surface area contributed by atoms with E-state index in [0.717, 1.165) is 25.3 Å². The van der Waals surface area contributed by atoms with Crippen molar-refractivity contribution in [1.29, 1.82) is 0 Å². The number of esters is 1. The molecule has 2 amide bonds. The molecule has 0 bridgehead atoms. The van der Waals surface area contributed by atoms with Crippen molar-refractivity contribution >= 4 is 34.8 Å². The quantitative estimate of drug-likeness (QED) is 0.0415. The highest BCUT2D eigenvalue weighted by Gasteiger charge is 2.42. The monoisotopic (exact) mass is 688 g/mol. The molecule has 0 radical (unpaired) electrons. The maximum Gasteiger partial charge on any atom is 0.407 e. The molecule has 46 heavy (non-hydrogen) atoms. The van der Waals surface area contributed by atoms with Gasteiger partial charge in [0.1, 0.15) is 19.8 Å². The first kappa shape index (κ1) is 42.1. The number of hydrogen-bond donors (Lipinski definition) is 2. The predicted octanol–water partition coefficient (Wildman–Crippen LogP) is 6.79. The highest BCUT2D eigenvalue weighted by molar-refractivity contribution is 6.84. The van der Waals surface area contributed by atoms with Crippen LogP contribution in [0.3, 0.4) is 0 Å². The van der Waals surface area contributed by atoms with Gasteiger partial charge in [0.15, 0.2) is 16.6 Å². The van der Waals surface area contributed by atoms with Gasteiger partial charge in [-0.15, -0.1) is 0 Å². The number of alkyl carbamates (subject to hydrolysis) is 2. The Balaban J connectivity index is 2.30. The standard InChI is InChI=1S/C33H64N2O9Si2/c1-11-12-21-45(7,8)44-46(9,10)22-13-14-39-16-20-43-31(38)35-28-23-32(4,5)25-33(6,24-28)26-34-30(37)42-19-17-40-15-18-41-29(36)27(2)3/h28H,2,11-26H2,1,3-10H3,(H,34,37)(H,35,38). The highest BCUT2D eigenvalue weighted by Crippen LogP contribution is 2.45. The maximum absolute atomic E-state index is 12.6. The molecule has 1 rings (SSSR count). The van der Waals surface area contributed by atoms with Crippen LogP contribution in [0.15, 0.2) is 12.2 Å². The molecule has 1 aliphatic rings. The summed E-state index contributed by atoms with van der Waals surface area (Å²) in [5.41, 5.74) is 0.0599. The second-order valence-electron chi connectivity index (χ2n) is 15.0. The Morgan fingerprint density at radius 1 is 0.783 bits per heavy atom. The molecule has 0 aromatic carbocycles.